The first-order chi connectivity index (χ1) is 9.74. The van der Waals surface area contributed by atoms with E-state index in [2.05, 4.69) is 10.2 Å². The number of aromatic nitrogens is 3. The maximum absolute atomic E-state index is 7.46. The van der Waals surface area contributed by atoms with E-state index >= 15 is 0 Å². The van der Waals surface area contributed by atoms with Gasteiger partial charge in [0.2, 0.25) is 0 Å². The number of benzene rings is 1. The van der Waals surface area contributed by atoms with Crippen molar-refractivity contribution in [3.8, 4) is 0 Å². The van der Waals surface area contributed by atoms with Gasteiger partial charge in [-0.1, -0.05) is 36.0 Å². The first kappa shape index (κ1) is 12.7. The van der Waals surface area contributed by atoms with E-state index in [0.29, 0.717) is 0 Å². The summed E-state index contributed by atoms with van der Waals surface area (Å²) < 4.78 is 1.96. The van der Waals surface area contributed by atoms with Crippen molar-refractivity contribution in [3.63, 3.8) is 0 Å². The SMILES string of the molecule is N=C(N)c1cccc(CSc2nnc3ccccn23)c1. The molecule has 6 heteroatoms. The van der Waals surface area contributed by atoms with Gasteiger partial charge >= 0.3 is 0 Å². The summed E-state index contributed by atoms with van der Waals surface area (Å²) in [5.41, 5.74) is 8.19. The highest BCUT2D eigenvalue weighted by atomic mass is 32.2. The monoisotopic (exact) mass is 283 g/mol. The lowest BCUT2D eigenvalue weighted by molar-refractivity contribution is 0.921. The van der Waals surface area contributed by atoms with Crippen molar-refractivity contribution in [2.75, 3.05) is 0 Å². The number of amidine groups is 1. The molecule has 100 valence electrons. The molecule has 0 aliphatic rings. The standard InChI is InChI=1S/C14H13N5S/c15-13(16)11-5-3-4-10(8-11)9-20-14-18-17-12-6-1-2-7-19(12)14/h1-8H,9H2,(H3,15,16). The third-order valence-corrected chi connectivity index (χ3v) is 3.90. The molecule has 0 unspecified atom stereocenters. The van der Waals surface area contributed by atoms with Crippen LogP contribution >= 0.6 is 11.8 Å². The molecule has 3 aromatic rings. The van der Waals surface area contributed by atoms with Crippen LogP contribution in [-0.4, -0.2) is 20.4 Å². The Morgan fingerprint density at radius 3 is 2.95 bits per heavy atom. The molecule has 0 spiro atoms. The van der Waals surface area contributed by atoms with E-state index in [1.54, 1.807) is 11.8 Å². The molecule has 2 heterocycles. The maximum Gasteiger partial charge on any atom is 0.195 e. The highest BCUT2D eigenvalue weighted by Crippen LogP contribution is 2.22. The number of thioether (sulfide) groups is 1. The van der Waals surface area contributed by atoms with E-state index < -0.39 is 0 Å². The molecule has 0 bridgehead atoms. The van der Waals surface area contributed by atoms with Crippen LogP contribution in [-0.2, 0) is 5.75 Å². The fourth-order valence-electron chi connectivity index (χ4n) is 1.89. The molecule has 0 aliphatic carbocycles. The number of pyridine rings is 1. The summed E-state index contributed by atoms with van der Waals surface area (Å²) >= 11 is 1.61. The predicted octanol–water partition coefficient (Wildman–Crippen LogP) is 2.31. The van der Waals surface area contributed by atoms with Crippen molar-refractivity contribution in [1.29, 1.82) is 5.41 Å². The van der Waals surface area contributed by atoms with Crippen molar-refractivity contribution in [3.05, 3.63) is 59.8 Å². The number of fused-ring (bicyclic) bond motifs is 1. The van der Waals surface area contributed by atoms with Crippen LogP contribution in [0.15, 0.2) is 53.8 Å². The van der Waals surface area contributed by atoms with Crippen molar-refractivity contribution in [2.24, 2.45) is 5.73 Å². The van der Waals surface area contributed by atoms with Gasteiger partial charge in [0.15, 0.2) is 10.8 Å². The zero-order valence-electron chi connectivity index (χ0n) is 10.7. The Bertz CT molecular complexity index is 765. The third kappa shape index (κ3) is 2.50. The summed E-state index contributed by atoms with van der Waals surface area (Å²) in [4.78, 5) is 0. The lowest BCUT2D eigenvalue weighted by atomic mass is 10.1. The summed E-state index contributed by atoms with van der Waals surface area (Å²) in [6.07, 6.45) is 1.95. The van der Waals surface area contributed by atoms with Gasteiger partial charge in [-0.15, -0.1) is 10.2 Å². The summed E-state index contributed by atoms with van der Waals surface area (Å²) in [5, 5.41) is 16.6. The first-order valence-electron chi connectivity index (χ1n) is 6.10. The molecule has 5 nitrogen and oxygen atoms in total. The largest absolute Gasteiger partial charge is 0.384 e. The lowest BCUT2D eigenvalue weighted by Crippen LogP contribution is -2.10. The Labute approximate surface area is 120 Å². The van der Waals surface area contributed by atoms with Gasteiger partial charge in [-0.2, -0.15) is 0 Å². The van der Waals surface area contributed by atoms with Gasteiger partial charge < -0.3 is 5.73 Å². The van der Waals surface area contributed by atoms with Crippen molar-refractivity contribution in [2.45, 2.75) is 10.9 Å². The third-order valence-electron chi connectivity index (χ3n) is 2.89. The van der Waals surface area contributed by atoms with Gasteiger partial charge in [0.05, 0.1) is 0 Å². The van der Waals surface area contributed by atoms with Crippen LogP contribution in [0.3, 0.4) is 0 Å². The average molecular weight is 283 g/mol. The minimum atomic E-state index is 0.0878. The zero-order valence-corrected chi connectivity index (χ0v) is 11.5. The van der Waals surface area contributed by atoms with Crippen LogP contribution in [0.2, 0.25) is 0 Å². The smallest absolute Gasteiger partial charge is 0.195 e. The van der Waals surface area contributed by atoms with Crippen molar-refractivity contribution >= 4 is 23.2 Å². The van der Waals surface area contributed by atoms with E-state index in [0.717, 1.165) is 27.7 Å². The van der Waals surface area contributed by atoms with Crippen LogP contribution in [0.25, 0.3) is 5.65 Å². The maximum atomic E-state index is 7.46. The fraction of sp³-hybridized carbons (Fsp3) is 0.0714. The summed E-state index contributed by atoms with van der Waals surface area (Å²) in [5.74, 6) is 0.848. The van der Waals surface area contributed by atoms with E-state index in [4.69, 9.17) is 11.1 Å². The normalized spacial score (nSPS) is 10.8. The Morgan fingerprint density at radius 2 is 2.10 bits per heavy atom. The Hall–Kier alpha value is -2.34. The van der Waals surface area contributed by atoms with Gasteiger partial charge in [-0.3, -0.25) is 9.81 Å². The minimum Gasteiger partial charge on any atom is -0.384 e. The molecule has 0 aliphatic heterocycles. The predicted molar refractivity (Wildman–Crippen MR) is 80.0 cm³/mol. The van der Waals surface area contributed by atoms with Gasteiger partial charge in [-0.25, -0.2) is 0 Å². The highest BCUT2D eigenvalue weighted by molar-refractivity contribution is 7.98. The lowest BCUT2D eigenvalue weighted by Gasteiger charge is -2.03. The second-order valence-corrected chi connectivity index (χ2v) is 5.26. The van der Waals surface area contributed by atoms with E-state index in [1.807, 2.05) is 53.1 Å². The molecule has 0 amide bonds. The minimum absolute atomic E-state index is 0.0878. The molecule has 3 N–H and O–H groups in total. The summed E-state index contributed by atoms with van der Waals surface area (Å²) in [6, 6.07) is 13.5. The van der Waals surface area contributed by atoms with E-state index in [-0.39, 0.29) is 5.84 Å². The Kier molecular flexibility index (Phi) is 3.39. The summed E-state index contributed by atoms with van der Waals surface area (Å²) in [6.45, 7) is 0. The van der Waals surface area contributed by atoms with Gasteiger partial charge in [0.25, 0.3) is 0 Å². The van der Waals surface area contributed by atoms with Gasteiger partial charge in [0.1, 0.15) is 5.84 Å². The Balaban J connectivity index is 1.79. The molecule has 3 rings (SSSR count). The number of rotatable bonds is 4. The Morgan fingerprint density at radius 1 is 1.20 bits per heavy atom. The molecule has 0 saturated heterocycles. The fourth-order valence-corrected chi connectivity index (χ4v) is 2.76. The molecule has 0 radical (unpaired) electrons. The number of hydrogen-bond acceptors (Lipinski definition) is 4. The van der Waals surface area contributed by atoms with Crippen LogP contribution in [0.5, 0.6) is 0 Å². The van der Waals surface area contributed by atoms with Crippen LogP contribution in [0.4, 0.5) is 0 Å². The topological polar surface area (TPSA) is 80.1 Å². The molecule has 0 saturated carbocycles. The second-order valence-electron chi connectivity index (χ2n) is 4.31. The van der Waals surface area contributed by atoms with Crippen molar-refractivity contribution < 1.29 is 0 Å². The van der Waals surface area contributed by atoms with E-state index in [9.17, 15) is 0 Å². The number of nitrogen functional groups attached to an aromatic ring is 1. The van der Waals surface area contributed by atoms with Gasteiger partial charge in [0, 0.05) is 17.5 Å². The van der Waals surface area contributed by atoms with Crippen LogP contribution < -0.4 is 5.73 Å². The molecule has 1 aromatic carbocycles. The highest BCUT2D eigenvalue weighted by Gasteiger charge is 2.06. The summed E-state index contributed by atoms with van der Waals surface area (Å²) in [7, 11) is 0. The van der Waals surface area contributed by atoms with Crippen LogP contribution in [0.1, 0.15) is 11.1 Å². The number of nitrogens with two attached hydrogens (primary N) is 1. The second kappa shape index (κ2) is 5.34. The quantitative estimate of drug-likeness (QED) is 0.437. The molecule has 0 atom stereocenters. The zero-order chi connectivity index (χ0) is 13.9. The van der Waals surface area contributed by atoms with E-state index in [1.165, 1.54) is 0 Å². The number of nitrogens with one attached hydrogen (secondary N) is 1. The molecule has 0 fully saturated rings. The van der Waals surface area contributed by atoms with Crippen LogP contribution in [0, 0.1) is 5.41 Å². The average Bonchev–Trinajstić information content (AvgIpc) is 2.89. The number of nitrogens with zero attached hydrogens (tertiary/aromatic N) is 3. The first-order valence-corrected chi connectivity index (χ1v) is 7.08. The molecular weight excluding hydrogens is 270 g/mol. The van der Waals surface area contributed by atoms with Crippen molar-refractivity contribution in [1.82, 2.24) is 14.6 Å². The molecule has 20 heavy (non-hydrogen) atoms. The molecule has 2 aromatic heterocycles. The van der Waals surface area contributed by atoms with Gasteiger partial charge in [-0.05, 0) is 23.8 Å². The molecular formula is C14H13N5S. The number of hydrogen-bond donors (Lipinski definition) is 2.